The fraction of sp³-hybridized carbons (Fsp3) is 0.611. The molecule has 2 aromatic rings. The van der Waals surface area contributed by atoms with E-state index in [9.17, 15) is 18.0 Å². The lowest BCUT2D eigenvalue weighted by Gasteiger charge is -2.31. The summed E-state index contributed by atoms with van der Waals surface area (Å²) in [7, 11) is 0. The van der Waals surface area contributed by atoms with Crippen molar-refractivity contribution in [2.75, 3.05) is 13.1 Å². The van der Waals surface area contributed by atoms with Crippen molar-refractivity contribution in [2.45, 2.75) is 57.3 Å². The van der Waals surface area contributed by atoms with Crippen LogP contribution >= 0.6 is 0 Å². The maximum Gasteiger partial charge on any atom is 0.432 e. The van der Waals surface area contributed by atoms with Crippen molar-refractivity contribution in [2.24, 2.45) is 0 Å². The largest absolute Gasteiger partial charge is 0.432 e. The number of carbonyl (C=O) groups excluding carboxylic acids is 1. The summed E-state index contributed by atoms with van der Waals surface area (Å²) in [5.41, 5.74) is 0.0286. The molecular formula is C18H23F3N6O. The zero-order chi connectivity index (χ0) is 19.7. The molecular weight excluding hydrogens is 373 g/mol. The third kappa shape index (κ3) is 4.00. The number of aromatic amines is 1. The van der Waals surface area contributed by atoms with Gasteiger partial charge in [0.25, 0.3) is 0 Å². The van der Waals surface area contributed by atoms with Gasteiger partial charge in [-0.1, -0.05) is 0 Å². The van der Waals surface area contributed by atoms with Crippen LogP contribution in [0.15, 0.2) is 12.4 Å². The Morgan fingerprint density at radius 2 is 2.04 bits per heavy atom. The van der Waals surface area contributed by atoms with E-state index in [2.05, 4.69) is 24.8 Å². The zero-order valence-corrected chi connectivity index (χ0v) is 15.4. The molecule has 4 heterocycles. The molecule has 4 rings (SSSR count). The van der Waals surface area contributed by atoms with Crippen LogP contribution in [0, 0.1) is 0 Å². The number of halogens is 3. The number of urea groups is 1. The van der Waals surface area contributed by atoms with Crippen LogP contribution in [0.4, 0.5) is 18.0 Å². The minimum atomic E-state index is -4.42. The molecule has 2 amide bonds. The van der Waals surface area contributed by atoms with Gasteiger partial charge < -0.3 is 19.8 Å². The number of carbonyl (C=O) groups is 1. The van der Waals surface area contributed by atoms with Gasteiger partial charge in [-0.2, -0.15) is 13.2 Å². The number of alkyl halides is 3. The average molecular weight is 396 g/mol. The van der Waals surface area contributed by atoms with E-state index < -0.39 is 11.9 Å². The van der Waals surface area contributed by atoms with Crippen LogP contribution in [0.2, 0.25) is 0 Å². The van der Waals surface area contributed by atoms with Crippen molar-refractivity contribution >= 4 is 6.03 Å². The first-order chi connectivity index (χ1) is 13.4. The topological polar surface area (TPSA) is 78.8 Å². The zero-order valence-electron chi connectivity index (χ0n) is 15.4. The minimum absolute atomic E-state index is 0.0972. The number of piperidine rings is 1. The number of likely N-dealkylation sites (tertiary alicyclic amines) is 1. The first kappa shape index (κ1) is 18.8. The molecule has 0 aliphatic carbocycles. The molecule has 1 saturated heterocycles. The molecule has 0 spiro atoms. The number of imidazole rings is 2. The van der Waals surface area contributed by atoms with Gasteiger partial charge in [0.15, 0.2) is 0 Å². The molecule has 0 bridgehead atoms. The third-order valence-electron chi connectivity index (χ3n) is 5.45. The van der Waals surface area contributed by atoms with Gasteiger partial charge in [-0.15, -0.1) is 0 Å². The van der Waals surface area contributed by atoms with E-state index in [0.717, 1.165) is 43.5 Å². The van der Waals surface area contributed by atoms with Crippen molar-refractivity contribution in [3.63, 3.8) is 0 Å². The number of nitrogens with one attached hydrogen (secondary N) is 2. The first-order valence-corrected chi connectivity index (χ1v) is 9.60. The highest BCUT2D eigenvalue weighted by atomic mass is 19.4. The molecule has 2 aliphatic heterocycles. The Hall–Kier alpha value is -2.52. The van der Waals surface area contributed by atoms with E-state index in [4.69, 9.17) is 0 Å². The lowest BCUT2D eigenvalue weighted by atomic mass is 9.96. The van der Waals surface area contributed by atoms with E-state index in [0.29, 0.717) is 38.3 Å². The summed E-state index contributed by atoms with van der Waals surface area (Å²) in [6, 6.07) is -0.167. The molecule has 2 N–H and O–H groups in total. The van der Waals surface area contributed by atoms with Crippen LogP contribution in [0.3, 0.4) is 0 Å². The lowest BCUT2D eigenvalue weighted by molar-refractivity contribution is -0.141. The van der Waals surface area contributed by atoms with Crippen molar-refractivity contribution in [3.05, 3.63) is 35.4 Å². The number of rotatable bonds is 3. The van der Waals surface area contributed by atoms with Crippen molar-refractivity contribution in [1.82, 2.24) is 29.7 Å². The van der Waals surface area contributed by atoms with E-state index in [1.165, 1.54) is 0 Å². The molecule has 0 saturated carbocycles. The van der Waals surface area contributed by atoms with E-state index in [1.54, 1.807) is 4.90 Å². The van der Waals surface area contributed by atoms with Gasteiger partial charge in [0.1, 0.15) is 17.3 Å². The summed E-state index contributed by atoms with van der Waals surface area (Å²) < 4.78 is 40.2. The molecule has 28 heavy (non-hydrogen) atoms. The second-order valence-corrected chi connectivity index (χ2v) is 7.40. The normalized spacial score (nSPS) is 18.2. The van der Waals surface area contributed by atoms with Crippen LogP contribution in [0.25, 0.3) is 0 Å². The van der Waals surface area contributed by atoms with Crippen LogP contribution in [-0.2, 0) is 25.7 Å². The predicted octanol–water partition coefficient (Wildman–Crippen LogP) is 3.05. The summed E-state index contributed by atoms with van der Waals surface area (Å²) >= 11 is 0. The first-order valence-electron chi connectivity index (χ1n) is 9.60. The highest BCUT2D eigenvalue weighted by molar-refractivity contribution is 5.74. The van der Waals surface area contributed by atoms with Crippen LogP contribution < -0.4 is 5.32 Å². The van der Waals surface area contributed by atoms with Gasteiger partial charge in [0, 0.05) is 38.2 Å². The molecule has 10 heteroatoms. The molecule has 0 radical (unpaired) electrons. The van der Waals surface area contributed by atoms with Crippen molar-refractivity contribution in [3.8, 4) is 0 Å². The molecule has 2 aliphatic rings. The van der Waals surface area contributed by atoms with Crippen molar-refractivity contribution in [1.29, 1.82) is 0 Å². The maximum atomic E-state index is 12.7. The Bertz CT molecular complexity index is 811. The SMILES string of the molecule is O=C(NCc1cn2c(n1)CCCC2)N1CCC(c2ncc(C(F)(F)F)[nH]2)CC1. The number of aromatic nitrogens is 4. The number of H-pyrrole nitrogens is 1. The molecule has 152 valence electrons. The highest BCUT2D eigenvalue weighted by Gasteiger charge is 2.34. The Morgan fingerprint density at radius 1 is 1.25 bits per heavy atom. The number of nitrogens with zero attached hydrogens (tertiary/aromatic N) is 4. The number of amides is 2. The predicted molar refractivity (Wildman–Crippen MR) is 94.5 cm³/mol. The van der Waals surface area contributed by atoms with Crippen molar-refractivity contribution < 1.29 is 18.0 Å². The molecule has 1 fully saturated rings. The maximum absolute atomic E-state index is 12.7. The number of aryl methyl sites for hydroxylation is 2. The Kier molecular flexibility index (Phi) is 5.03. The van der Waals surface area contributed by atoms with Crippen LogP contribution in [0.5, 0.6) is 0 Å². The molecule has 0 unspecified atom stereocenters. The lowest BCUT2D eigenvalue weighted by Crippen LogP contribution is -2.44. The summed E-state index contributed by atoms with van der Waals surface area (Å²) in [6.07, 6.45) is 2.85. The standard InChI is InChI=1S/C18H23F3N6O/c19-18(20,21)14-10-22-16(25-14)12-4-7-26(8-5-12)17(28)23-9-13-11-27-6-2-1-3-15(27)24-13/h10-12H,1-9H2,(H,22,25)(H,23,28). The van der Waals surface area contributed by atoms with E-state index in [1.807, 2.05) is 6.20 Å². The van der Waals surface area contributed by atoms with Gasteiger partial charge in [0.05, 0.1) is 18.4 Å². The van der Waals surface area contributed by atoms with Gasteiger partial charge in [-0.05, 0) is 25.7 Å². The Labute approximate surface area is 160 Å². The average Bonchev–Trinajstić information content (AvgIpc) is 3.33. The monoisotopic (exact) mass is 396 g/mol. The van der Waals surface area contributed by atoms with Crippen LogP contribution in [0.1, 0.15) is 54.6 Å². The van der Waals surface area contributed by atoms with Gasteiger partial charge in [-0.3, -0.25) is 0 Å². The number of fused-ring (bicyclic) bond motifs is 1. The summed E-state index contributed by atoms with van der Waals surface area (Å²) in [4.78, 5) is 24.9. The van der Waals surface area contributed by atoms with Gasteiger partial charge >= 0.3 is 12.2 Å². The van der Waals surface area contributed by atoms with E-state index >= 15 is 0 Å². The summed E-state index contributed by atoms with van der Waals surface area (Å²) in [5, 5.41) is 2.90. The van der Waals surface area contributed by atoms with Gasteiger partial charge in [-0.25, -0.2) is 14.8 Å². The Balaban J connectivity index is 1.27. The van der Waals surface area contributed by atoms with Crippen LogP contribution in [-0.4, -0.2) is 43.5 Å². The molecule has 7 nitrogen and oxygen atoms in total. The second-order valence-electron chi connectivity index (χ2n) is 7.40. The summed E-state index contributed by atoms with van der Waals surface area (Å²) in [6.45, 7) is 2.33. The quantitative estimate of drug-likeness (QED) is 0.837. The Morgan fingerprint density at radius 3 is 2.71 bits per heavy atom. The number of hydrogen-bond acceptors (Lipinski definition) is 3. The minimum Gasteiger partial charge on any atom is -0.338 e. The summed E-state index contributed by atoms with van der Waals surface area (Å²) in [5.74, 6) is 1.32. The fourth-order valence-corrected chi connectivity index (χ4v) is 3.88. The molecule has 0 aromatic carbocycles. The molecule has 2 aromatic heterocycles. The second kappa shape index (κ2) is 7.48. The highest BCUT2D eigenvalue weighted by Crippen LogP contribution is 2.31. The smallest absolute Gasteiger partial charge is 0.338 e. The number of hydrogen-bond donors (Lipinski definition) is 2. The molecule has 0 atom stereocenters. The fourth-order valence-electron chi connectivity index (χ4n) is 3.88. The van der Waals surface area contributed by atoms with Gasteiger partial charge in [0.2, 0.25) is 0 Å². The third-order valence-corrected chi connectivity index (χ3v) is 5.45. The van der Waals surface area contributed by atoms with E-state index in [-0.39, 0.29) is 11.9 Å².